The van der Waals surface area contributed by atoms with Crippen LogP contribution in [0.5, 0.6) is 11.5 Å². The highest BCUT2D eigenvalue weighted by molar-refractivity contribution is 6.02. The summed E-state index contributed by atoms with van der Waals surface area (Å²) in [5, 5.41) is 2.50. The first-order valence-corrected chi connectivity index (χ1v) is 6.77. The van der Waals surface area contributed by atoms with E-state index >= 15 is 0 Å². The Labute approximate surface area is 127 Å². The number of halogens is 1. The molecule has 4 nitrogen and oxygen atoms in total. The van der Waals surface area contributed by atoms with Gasteiger partial charge in [0.05, 0.1) is 5.69 Å². The summed E-state index contributed by atoms with van der Waals surface area (Å²) < 4.78 is 24.1. The van der Waals surface area contributed by atoms with Crippen LogP contribution in [0.2, 0.25) is 0 Å². The van der Waals surface area contributed by atoms with Crippen LogP contribution < -0.4 is 14.8 Å². The summed E-state index contributed by atoms with van der Waals surface area (Å²) in [4.78, 5) is 11.8. The predicted octanol–water partition coefficient (Wildman–Crippen LogP) is 3.51. The second kappa shape index (κ2) is 5.89. The first-order valence-electron chi connectivity index (χ1n) is 6.77. The number of hydrogen-bond acceptors (Lipinski definition) is 3. The summed E-state index contributed by atoms with van der Waals surface area (Å²) in [5.41, 5.74) is 1.75. The molecule has 112 valence electrons. The van der Waals surface area contributed by atoms with Crippen molar-refractivity contribution < 1.29 is 18.7 Å². The number of benzene rings is 2. The molecule has 0 radical (unpaired) electrons. The molecule has 0 atom stereocenters. The number of nitrogens with one attached hydrogen (secondary N) is 1. The molecule has 2 aromatic carbocycles. The zero-order valence-corrected chi connectivity index (χ0v) is 11.9. The van der Waals surface area contributed by atoms with Gasteiger partial charge in [-0.1, -0.05) is 12.1 Å². The molecule has 0 aromatic heterocycles. The lowest BCUT2D eigenvalue weighted by molar-refractivity contribution is -0.111. The van der Waals surface area contributed by atoms with Crippen molar-refractivity contribution in [3.05, 3.63) is 59.4 Å². The maximum Gasteiger partial charge on any atom is 0.248 e. The van der Waals surface area contributed by atoms with Crippen LogP contribution in [-0.4, -0.2) is 12.7 Å². The molecule has 0 saturated carbocycles. The minimum absolute atomic E-state index is 0.158. The van der Waals surface area contributed by atoms with Crippen molar-refractivity contribution in [1.82, 2.24) is 0 Å². The minimum Gasteiger partial charge on any atom is -0.454 e. The molecule has 1 amide bonds. The van der Waals surface area contributed by atoms with E-state index in [1.807, 2.05) is 6.07 Å². The van der Waals surface area contributed by atoms with Crippen LogP contribution in [0.4, 0.5) is 10.1 Å². The lowest BCUT2D eigenvalue weighted by Gasteiger charge is -2.04. The Morgan fingerprint density at radius 3 is 2.82 bits per heavy atom. The van der Waals surface area contributed by atoms with Crippen molar-refractivity contribution in [1.29, 1.82) is 0 Å². The third kappa shape index (κ3) is 3.09. The van der Waals surface area contributed by atoms with Crippen molar-refractivity contribution >= 4 is 17.7 Å². The van der Waals surface area contributed by atoms with Crippen LogP contribution in [0.25, 0.3) is 6.08 Å². The van der Waals surface area contributed by atoms with Gasteiger partial charge < -0.3 is 14.8 Å². The van der Waals surface area contributed by atoms with Crippen LogP contribution in [0.1, 0.15) is 11.1 Å². The quantitative estimate of drug-likeness (QED) is 0.882. The number of carbonyl (C=O) groups excluding carboxylic acids is 1. The van der Waals surface area contributed by atoms with Crippen molar-refractivity contribution in [3.8, 4) is 11.5 Å². The lowest BCUT2D eigenvalue weighted by Crippen LogP contribution is -2.09. The van der Waals surface area contributed by atoms with E-state index in [9.17, 15) is 9.18 Å². The number of aryl methyl sites for hydroxylation is 1. The van der Waals surface area contributed by atoms with Crippen molar-refractivity contribution in [2.24, 2.45) is 0 Å². The van der Waals surface area contributed by atoms with Gasteiger partial charge in [-0.2, -0.15) is 0 Å². The Hall–Kier alpha value is -2.82. The molecular weight excluding hydrogens is 285 g/mol. The fourth-order valence-corrected chi connectivity index (χ4v) is 2.08. The maximum atomic E-state index is 13.7. The second-order valence-corrected chi connectivity index (χ2v) is 4.92. The number of rotatable bonds is 3. The standard InChI is InChI=1S/C17H14FNO3/c1-11-2-5-14(13(18)8-11)19-17(20)7-4-12-3-6-15-16(9-12)22-10-21-15/h2-9H,10H2,1H3,(H,19,20)/b7-4+. The van der Waals surface area contributed by atoms with Gasteiger partial charge in [0.25, 0.3) is 0 Å². The summed E-state index contributed by atoms with van der Waals surface area (Å²) in [6, 6.07) is 10.0. The molecule has 0 spiro atoms. The van der Waals surface area contributed by atoms with E-state index in [1.54, 1.807) is 31.2 Å². The van der Waals surface area contributed by atoms with Gasteiger partial charge in [-0.15, -0.1) is 0 Å². The van der Waals surface area contributed by atoms with E-state index in [1.165, 1.54) is 18.2 Å². The normalized spacial score (nSPS) is 12.6. The van der Waals surface area contributed by atoms with Gasteiger partial charge in [0.1, 0.15) is 5.82 Å². The molecule has 0 unspecified atom stereocenters. The predicted molar refractivity (Wildman–Crippen MR) is 81.4 cm³/mol. The molecule has 1 aliphatic rings. The number of ether oxygens (including phenoxy) is 2. The SMILES string of the molecule is Cc1ccc(NC(=O)/C=C/c2ccc3c(c2)OCO3)c(F)c1. The van der Waals surface area contributed by atoms with E-state index in [2.05, 4.69) is 5.32 Å². The zero-order valence-electron chi connectivity index (χ0n) is 11.9. The molecule has 0 bridgehead atoms. The van der Waals surface area contributed by atoms with Crippen LogP contribution >= 0.6 is 0 Å². The third-order valence-corrected chi connectivity index (χ3v) is 3.21. The van der Waals surface area contributed by atoms with Gasteiger partial charge in [-0.05, 0) is 48.4 Å². The smallest absolute Gasteiger partial charge is 0.248 e. The highest BCUT2D eigenvalue weighted by Crippen LogP contribution is 2.32. The third-order valence-electron chi connectivity index (χ3n) is 3.21. The first-order chi connectivity index (χ1) is 10.6. The summed E-state index contributed by atoms with van der Waals surface area (Å²) in [7, 11) is 0. The van der Waals surface area contributed by atoms with Gasteiger partial charge in [-0.25, -0.2) is 4.39 Å². The second-order valence-electron chi connectivity index (χ2n) is 4.92. The minimum atomic E-state index is -0.454. The Morgan fingerprint density at radius 1 is 1.18 bits per heavy atom. The van der Waals surface area contributed by atoms with E-state index in [0.717, 1.165) is 11.1 Å². The summed E-state index contributed by atoms with van der Waals surface area (Å²) in [6.07, 6.45) is 2.97. The number of anilines is 1. The number of hydrogen-bond donors (Lipinski definition) is 1. The monoisotopic (exact) mass is 299 g/mol. The molecule has 2 aromatic rings. The molecule has 0 fully saturated rings. The summed E-state index contributed by atoms with van der Waals surface area (Å²) in [6.45, 7) is 1.99. The molecule has 3 rings (SSSR count). The molecule has 5 heteroatoms. The molecule has 22 heavy (non-hydrogen) atoms. The molecule has 1 N–H and O–H groups in total. The van der Waals surface area contributed by atoms with Gasteiger partial charge in [0.2, 0.25) is 12.7 Å². The lowest BCUT2D eigenvalue weighted by atomic mass is 10.2. The maximum absolute atomic E-state index is 13.7. The van der Waals surface area contributed by atoms with E-state index in [-0.39, 0.29) is 12.5 Å². The Morgan fingerprint density at radius 2 is 2.00 bits per heavy atom. The van der Waals surface area contributed by atoms with Crippen molar-refractivity contribution in [3.63, 3.8) is 0 Å². The number of amides is 1. The van der Waals surface area contributed by atoms with Crippen molar-refractivity contribution in [2.45, 2.75) is 6.92 Å². The Kier molecular flexibility index (Phi) is 3.78. The van der Waals surface area contributed by atoms with E-state index < -0.39 is 11.7 Å². The summed E-state index contributed by atoms with van der Waals surface area (Å²) in [5.74, 6) is 0.473. The number of carbonyl (C=O) groups is 1. The van der Waals surface area contributed by atoms with Gasteiger partial charge in [0, 0.05) is 6.08 Å². The Balaban J connectivity index is 1.68. The average Bonchev–Trinajstić information content (AvgIpc) is 2.95. The van der Waals surface area contributed by atoms with E-state index in [0.29, 0.717) is 11.5 Å². The zero-order chi connectivity index (χ0) is 15.5. The topological polar surface area (TPSA) is 47.6 Å². The average molecular weight is 299 g/mol. The summed E-state index contributed by atoms with van der Waals surface area (Å²) >= 11 is 0. The van der Waals surface area contributed by atoms with Crippen molar-refractivity contribution in [2.75, 3.05) is 12.1 Å². The highest BCUT2D eigenvalue weighted by Gasteiger charge is 2.12. The molecule has 1 aliphatic heterocycles. The molecule has 0 aliphatic carbocycles. The van der Waals surface area contributed by atoms with Crippen LogP contribution in [0.15, 0.2) is 42.5 Å². The highest BCUT2D eigenvalue weighted by atomic mass is 19.1. The fourth-order valence-electron chi connectivity index (χ4n) is 2.08. The molecule has 0 saturated heterocycles. The molecule has 1 heterocycles. The Bertz CT molecular complexity index is 756. The van der Waals surface area contributed by atoms with Crippen LogP contribution in [0, 0.1) is 12.7 Å². The largest absolute Gasteiger partial charge is 0.454 e. The first kappa shape index (κ1) is 14.1. The number of fused-ring (bicyclic) bond motifs is 1. The van der Waals surface area contributed by atoms with Gasteiger partial charge in [0.15, 0.2) is 11.5 Å². The van der Waals surface area contributed by atoms with Crippen LogP contribution in [-0.2, 0) is 4.79 Å². The van der Waals surface area contributed by atoms with Gasteiger partial charge in [-0.3, -0.25) is 4.79 Å². The van der Waals surface area contributed by atoms with E-state index in [4.69, 9.17) is 9.47 Å². The van der Waals surface area contributed by atoms with Crippen LogP contribution in [0.3, 0.4) is 0 Å². The van der Waals surface area contributed by atoms with Gasteiger partial charge >= 0.3 is 0 Å². The fraction of sp³-hybridized carbons (Fsp3) is 0.118. The molecular formula is C17H14FNO3.